The van der Waals surface area contributed by atoms with Gasteiger partial charge in [0.25, 0.3) is 0 Å². The van der Waals surface area contributed by atoms with E-state index in [1.54, 1.807) is 12.1 Å². The van der Waals surface area contributed by atoms with E-state index in [0.29, 0.717) is 17.3 Å². The van der Waals surface area contributed by atoms with Crippen LogP contribution in [0.5, 0.6) is 5.75 Å². The molecule has 6 heteroatoms. The summed E-state index contributed by atoms with van der Waals surface area (Å²) < 4.78 is 0. The first-order valence-electron chi connectivity index (χ1n) is 8.34. The van der Waals surface area contributed by atoms with Crippen LogP contribution in [-0.4, -0.2) is 26.9 Å². The van der Waals surface area contributed by atoms with Crippen LogP contribution in [0.3, 0.4) is 0 Å². The number of fused-ring (bicyclic) bond motifs is 1. The maximum Gasteiger partial charge on any atom is 0.303 e. The number of nitrogens with zero attached hydrogens (tertiary/aromatic N) is 2. The van der Waals surface area contributed by atoms with Crippen molar-refractivity contribution >= 4 is 22.7 Å². The molecule has 27 heavy (non-hydrogen) atoms. The van der Waals surface area contributed by atoms with Crippen LogP contribution in [0, 0.1) is 11.3 Å². The molecule has 2 aromatic carbocycles. The van der Waals surface area contributed by atoms with E-state index in [1.165, 1.54) is 0 Å². The van der Waals surface area contributed by atoms with E-state index in [-0.39, 0.29) is 24.1 Å². The molecule has 0 radical (unpaired) electrons. The van der Waals surface area contributed by atoms with Gasteiger partial charge in [-0.2, -0.15) is 5.26 Å². The van der Waals surface area contributed by atoms with Gasteiger partial charge < -0.3 is 10.2 Å². The molecule has 3 rings (SSSR count). The number of pyridine rings is 1. The average Bonchev–Trinajstić information content (AvgIpc) is 2.66. The average molecular weight is 360 g/mol. The topological polar surface area (TPSA) is 111 Å². The minimum Gasteiger partial charge on any atom is -0.504 e. The van der Waals surface area contributed by atoms with Crippen LogP contribution in [0.1, 0.15) is 40.0 Å². The Kier molecular flexibility index (Phi) is 5.13. The Hall–Kier alpha value is -3.72. The van der Waals surface area contributed by atoms with Gasteiger partial charge in [-0.1, -0.05) is 36.4 Å². The number of carbonyl (C=O) groups is 2. The first-order valence-corrected chi connectivity index (χ1v) is 8.34. The fraction of sp³-hybridized carbons (Fsp3) is 0.143. The Morgan fingerprint density at radius 3 is 2.44 bits per heavy atom. The van der Waals surface area contributed by atoms with Crippen molar-refractivity contribution in [2.45, 2.75) is 19.3 Å². The largest absolute Gasteiger partial charge is 0.504 e. The van der Waals surface area contributed by atoms with Crippen LogP contribution in [0.15, 0.2) is 48.5 Å². The third kappa shape index (κ3) is 3.93. The maximum atomic E-state index is 12.2. The molecule has 0 aliphatic carbocycles. The Morgan fingerprint density at radius 2 is 1.78 bits per heavy atom. The number of aromatic hydroxyl groups is 1. The summed E-state index contributed by atoms with van der Waals surface area (Å²) in [5.74, 6) is -2.23. The van der Waals surface area contributed by atoms with E-state index in [2.05, 4.69) is 4.98 Å². The number of hydrogen-bond acceptors (Lipinski definition) is 5. The van der Waals surface area contributed by atoms with Gasteiger partial charge in [0.15, 0.2) is 11.5 Å². The SMILES string of the molecule is N#Cc1c(O)c(C(=O)CCC(=O)O)nc2ccc(Cc3ccccc3)cc12. The van der Waals surface area contributed by atoms with Crippen molar-refractivity contribution in [3.63, 3.8) is 0 Å². The first-order chi connectivity index (χ1) is 13.0. The van der Waals surface area contributed by atoms with Crippen LogP contribution in [0.2, 0.25) is 0 Å². The summed E-state index contributed by atoms with van der Waals surface area (Å²) in [6.07, 6.45) is -0.00401. The van der Waals surface area contributed by atoms with E-state index >= 15 is 0 Å². The first kappa shape index (κ1) is 18.1. The minimum atomic E-state index is -1.12. The van der Waals surface area contributed by atoms with Crippen molar-refractivity contribution in [1.29, 1.82) is 5.26 Å². The summed E-state index contributed by atoms with van der Waals surface area (Å²) in [6, 6.07) is 17.1. The quantitative estimate of drug-likeness (QED) is 0.651. The summed E-state index contributed by atoms with van der Waals surface area (Å²) >= 11 is 0. The zero-order valence-corrected chi connectivity index (χ0v) is 14.3. The molecule has 0 atom stereocenters. The van der Waals surface area contributed by atoms with Crippen LogP contribution in [0.4, 0.5) is 0 Å². The Balaban J connectivity index is 2.02. The fourth-order valence-corrected chi connectivity index (χ4v) is 2.89. The van der Waals surface area contributed by atoms with Crippen molar-refractivity contribution in [3.8, 4) is 11.8 Å². The van der Waals surface area contributed by atoms with Crippen LogP contribution >= 0.6 is 0 Å². The van der Waals surface area contributed by atoms with Crippen molar-refractivity contribution in [1.82, 2.24) is 4.98 Å². The van der Waals surface area contributed by atoms with Crippen molar-refractivity contribution in [2.24, 2.45) is 0 Å². The highest BCUT2D eigenvalue weighted by Gasteiger charge is 2.20. The van der Waals surface area contributed by atoms with E-state index in [4.69, 9.17) is 5.11 Å². The van der Waals surface area contributed by atoms with E-state index in [0.717, 1.165) is 11.1 Å². The van der Waals surface area contributed by atoms with Crippen molar-refractivity contribution < 1.29 is 19.8 Å². The second-order valence-corrected chi connectivity index (χ2v) is 6.13. The highest BCUT2D eigenvalue weighted by Crippen LogP contribution is 2.30. The predicted octanol–water partition coefficient (Wildman–Crippen LogP) is 3.45. The summed E-state index contributed by atoms with van der Waals surface area (Å²) in [7, 11) is 0. The zero-order valence-electron chi connectivity index (χ0n) is 14.3. The fourth-order valence-electron chi connectivity index (χ4n) is 2.89. The molecule has 2 N–H and O–H groups in total. The maximum absolute atomic E-state index is 12.2. The monoisotopic (exact) mass is 360 g/mol. The molecular formula is C21H16N2O4. The lowest BCUT2D eigenvalue weighted by Crippen LogP contribution is -2.07. The van der Waals surface area contributed by atoms with Gasteiger partial charge in [-0.05, 0) is 29.7 Å². The molecule has 0 unspecified atom stereocenters. The van der Waals surface area contributed by atoms with Gasteiger partial charge in [0.1, 0.15) is 17.3 Å². The summed E-state index contributed by atoms with van der Waals surface area (Å²) in [4.78, 5) is 27.0. The number of ketones is 1. The van der Waals surface area contributed by atoms with Gasteiger partial charge in [0, 0.05) is 11.8 Å². The van der Waals surface area contributed by atoms with Crippen LogP contribution < -0.4 is 0 Å². The molecule has 0 fully saturated rings. The second kappa shape index (κ2) is 7.67. The number of aromatic nitrogens is 1. The Bertz CT molecular complexity index is 1070. The lowest BCUT2D eigenvalue weighted by atomic mass is 9.99. The van der Waals surface area contributed by atoms with E-state index in [1.807, 2.05) is 42.5 Å². The van der Waals surface area contributed by atoms with Crippen molar-refractivity contribution in [2.75, 3.05) is 0 Å². The Morgan fingerprint density at radius 1 is 1.04 bits per heavy atom. The highest BCUT2D eigenvalue weighted by molar-refractivity contribution is 6.02. The second-order valence-electron chi connectivity index (χ2n) is 6.13. The summed E-state index contributed by atoms with van der Waals surface area (Å²) in [5, 5.41) is 29.0. The molecule has 0 bridgehead atoms. The predicted molar refractivity (Wildman–Crippen MR) is 98.6 cm³/mol. The summed E-state index contributed by atoms with van der Waals surface area (Å²) in [6.45, 7) is 0. The van der Waals surface area contributed by atoms with Gasteiger partial charge in [0.2, 0.25) is 0 Å². The van der Waals surface area contributed by atoms with Gasteiger partial charge in [-0.3, -0.25) is 9.59 Å². The number of carbonyl (C=O) groups excluding carboxylic acids is 1. The number of Topliss-reactive ketones (excluding diaryl/α,β-unsaturated/α-hetero) is 1. The summed E-state index contributed by atoms with van der Waals surface area (Å²) in [5.41, 5.74) is 2.15. The van der Waals surface area contributed by atoms with Crippen LogP contribution in [-0.2, 0) is 11.2 Å². The van der Waals surface area contributed by atoms with Gasteiger partial charge in [0.05, 0.1) is 11.9 Å². The number of nitriles is 1. The van der Waals surface area contributed by atoms with Gasteiger partial charge in [-0.25, -0.2) is 4.98 Å². The van der Waals surface area contributed by atoms with E-state index < -0.39 is 17.5 Å². The van der Waals surface area contributed by atoms with E-state index in [9.17, 15) is 20.0 Å². The molecule has 0 aliphatic rings. The number of carboxylic acid groups (broad SMARTS) is 1. The van der Waals surface area contributed by atoms with Crippen LogP contribution in [0.25, 0.3) is 10.9 Å². The molecule has 0 saturated carbocycles. The Labute approximate surface area is 155 Å². The number of benzene rings is 2. The smallest absolute Gasteiger partial charge is 0.303 e. The molecule has 0 spiro atoms. The number of rotatable bonds is 6. The molecule has 0 amide bonds. The van der Waals surface area contributed by atoms with Crippen molar-refractivity contribution in [3.05, 3.63) is 70.9 Å². The van der Waals surface area contributed by atoms with Gasteiger partial charge in [-0.15, -0.1) is 0 Å². The molecule has 6 nitrogen and oxygen atoms in total. The highest BCUT2D eigenvalue weighted by atomic mass is 16.4. The molecule has 1 aromatic heterocycles. The number of hydrogen-bond donors (Lipinski definition) is 2. The standard InChI is InChI=1S/C21H16N2O4/c22-12-16-15-11-14(10-13-4-2-1-3-5-13)6-7-17(15)23-20(21(16)27)18(24)8-9-19(25)26/h1-7,11,27H,8-10H2,(H,25,26). The molecule has 0 aliphatic heterocycles. The number of aliphatic carboxylic acids is 1. The number of carboxylic acids is 1. The minimum absolute atomic E-state index is 0.0337. The molecule has 1 heterocycles. The molecule has 134 valence electrons. The zero-order chi connectivity index (χ0) is 19.4. The lowest BCUT2D eigenvalue weighted by Gasteiger charge is -2.10. The molecule has 3 aromatic rings. The van der Waals surface area contributed by atoms with Gasteiger partial charge >= 0.3 is 5.97 Å². The normalized spacial score (nSPS) is 10.5. The molecular weight excluding hydrogens is 344 g/mol. The third-order valence-electron chi connectivity index (χ3n) is 4.22. The third-order valence-corrected chi connectivity index (χ3v) is 4.22. The lowest BCUT2D eigenvalue weighted by molar-refractivity contribution is -0.136. The molecule has 0 saturated heterocycles.